The third-order valence-electron chi connectivity index (χ3n) is 4.51. The summed E-state index contributed by atoms with van der Waals surface area (Å²) in [6.45, 7) is 6.53. The number of hydrogen-bond acceptors (Lipinski definition) is 4. The fourth-order valence-corrected chi connectivity index (χ4v) is 3.07. The first kappa shape index (κ1) is 23.2. The molecule has 5 nitrogen and oxygen atoms in total. The zero-order valence-electron chi connectivity index (χ0n) is 16.4. The van der Waals surface area contributed by atoms with E-state index in [2.05, 4.69) is 18.8 Å². The summed E-state index contributed by atoms with van der Waals surface area (Å²) in [5.41, 5.74) is 3.55. The standard InChI is InChI=1S/C23H25NO4.Na.H/c1-15(2)23-24-21(16(3)28-23)11-12-27-19-9-6-8-17(13-19)20-10-5-4-7-18(20)14-22(25)26;;/h4-10,13,15H,11-12,14H2,1-3H3,(H,25,26);;. The van der Waals surface area contributed by atoms with Gasteiger partial charge in [0.15, 0.2) is 5.89 Å². The van der Waals surface area contributed by atoms with Crippen LogP contribution in [0.2, 0.25) is 0 Å². The van der Waals surface area contributed by atoms with Crippen molar-refractivity contribution >= 4 is 35.5 Å². The second-order valence-electron chi connectivity index (χ2n) is 7.06. The number of hydrogen-bond donors (Lipinski definition) is 1. The summed E-state index contributed by atoms with van der Waals surface area (Å²) < 4.78 is 11.6. The van der Waals surface area contributed by atoms with Crippen molar-refractivity contribution in [3.63, 3.8) is 0 Å². The van der Waals surface area contributed by atoms with Gasteiger partial charge >= 0.3 is 35.5 Å². The number of carboxylic acids is 1. The number of aromatic nitrogens is 1. The molecule has 0 bridgehead atoms. The van der Waals surface area contributed by atoms with E-state index in [1.165, 1.54) is 0 Å². The maximum atomic E-state index is 11.1. The summed E-state index contributed by atoms with van der Waals surface area (Å²) in [6.07, 6.45) is 0.659. The Morgan fingerprint density at radius 2 is 1.93 bits per heavy atom. The number of aryl methyl sites for hydroxylation is 1. The number of carbonyl (C=O) groups is 1. The van der Waals surface area contributed by atoms with Crippen LogP contribution in [0.25, 0.3) is 11.1 Å². The average Bonchev–Trinajstić information content (AvgIpc) is 3.03. The van der Waals surface area contributed by atoms with Crippen LogP contribution in [0.3, 0.4) is 0 Å². The van der Waals surface area contributed by atoms with Crippen LogP contribution >= 0.6 is 0 Å². The van der Waals surface area contributed by atoms with Gasteiger partial charge in [-0.05, 0) is 35.7 Å². The first-order valence-corrected chi connectivity index (χ1v) is 9.43. The van der Waals surface area contributed by atoms with Gasteiger partial charge in [0, 0.05) is 12.3 Å². The fourth-order valence-electron chi connectivity index (χ4n) is 3.07. The summed E-state index contributed by atoms with van der Waals surface area (Å²) in [4.78, 5) is 15.7. The number of carboxylic acid groups (broad SMARTS) is 1. The maximum absolute atomic E-state index is 11.1. The third-order valence-corrected chi connectivity index (χ3v) is 4.51. The van der Waals surface area contributed by atoms with E-state index in [1.807, 2.05) is 55.5 Å². The van der Waals surface area contributed by atoms with Gasteiger partial charge in [-0.25, -0.2) is 4.98 Å². The Hall–Kier alpha value is -2.08. The number of oxazole rings is 1. The molecule has 148 valence electrons. The molecular formula is C23H26NNaO4. The van der Waals surface area contributed by atoms with Gasteiger partial charge in [0.1, 0.15) is 11.5 Å². The van der Waals surface area contributed by atoms with Crippen molar-refractivity contribution in [3.05, 3.63) is 71.4 Å². The molecule has 0 radical (unpaired) electrons. The van der Waals surface area contributed by atoms with Crippen LogP contribution < -0.4 is 4.74 Å². The summed E-state index contributed by atoms with van der Waals surface area (Å²) in [7, 11) is 0. The van der Waals surface area contributed by atoms with E-state index < -0.39 is 5.97 Å². The fraction of sp³-hybridized carbons (Fsp3) is 0.304. The van der Waals surface area contributed by atoms with Gasteiger partial charge in [-0.15, -0.1) is 0 Å². The normalized spacial score (nSPS) is 10.6. The molecule has 0 atom stereocenters. The molecule has 0 fully saturated rings. The van der Waals surface area contributed by atoms with Crippen LogP contribution in [0.1, 0.15) is 42.7 Å². The summed E-state index contributed by atoms with van der Waals surface area (Å²) in [6, 6.07) is 15.3. The number of benzene rings is 2. The van der Waals surface area contributed by atoms with Crippen molar-refractivity contribution in [2.24, 2.45) is 0 Å². The van der Waals surface area contributed by atoms with Gasteiger partial charge in [0.2, 0.25) is 0 Å². The Labute approximate surface area is 193 Å². The molecule has 0 aliphatic rings. The van der Waals surface area contributed by atoms with E-state index in [0.717, 1.165) is 39.8 Å². The minimum absolute atomic E-state index is 0. The summed E-state index contributed by atoms with van der Waals surface area (Å²) in [5, 5.41) is 9.14. The van der Waals surface area contributed by atoms with E-state index in [0.29, 0.717) is 13.0 Å². The predicted octanol–water partition coefficient (Wildman–Crippen LogP) is 4.37. The summed E-state index contributed by atoms with van der Waals surface area (Å²) in [5.74, 6) is 1.75. The van der Waals surface area contributed by atoms with Crippen LogP contribution in [-0.2, 0) is 17.6 Å². The second kappa shape index (κ2) is 10.6. The van der Waals surface area contributed by atoms with Gasteiger partial charge in [0.05, 0.1) is 18.7 Å². The molecule has 1 aromatic heterocycles. The molecule has 6 heteroatoms. The zero-order chi connectivity index (χ0) is 20.1. The van der Waals surface area contributed by atoms with E-state index in [1.54, 1.807) is 0 Å². The molecule has 2 aromatic carbocycles. The van der Waals surface area contributed by atoms with Gasteiger partial charge in [0.25, 0.3) is 0 Å². The Balaban J connectivity index is 0.00000300. The molecule has 0 aliphatic carbocycles. The van der Waals surface area contributed by atoms with Crippen molar-refractivity contribution in [2.45, 2.75) is 39.5 Å². The van der Waals surface area contributed by atoms with Crippen molar-refractivity contribution in [3.8, 4) is 16.9 Å². The van der Waals surface area contributed by atoms with E-state index in [-0.39, 0.29) is 41.9 Å². The molecule has 0 amide bonds. The Bertz CT molecular complexity index is 965. The average molecular weight is 403 g/mol. The first-order valence-electron chi connectivity index (χ1n) is 9.43. The van der Waals surface area contributed by atoms with E-state index in [4.69, 9.17) is 14.3 Å². The molecule has 1 N–H and O–H groups in total. The molecule has 0 aliphatic heterocycles. The monoisotopic (exact) mass is 403 g/mol. The Kier molecular flexibility index (Phi) is 8.50. The van der Waals surface area contributed by atoms with Gasteiger partial charge < -0.3 is 14.3 Å². The molecule has 29 heavy (non-hydrogen) atoms. The SMILES string of the molecule is Cc1oc(C(C)C)nc1CCOc1cccc(-c2ccccc2CC(=O)O)c1.[NaH]. The third kappa shape index (κ3) is 6.20. The summed E-state index contributed by atoms with van der Waals surface area (Å²) >= 11 is 0. The van der Waals surface area contributed by atoms with Crippen molar-refractivity contribution < 1.29 is 19.1 Å². The molecule has 3 aromatic rings. The van der Waals surface area contributed by atoms with E-state index in [9.17, 15) is 4.79 Å². The van der Waals surface area contributed by atoms with Crippen LogP contribution in [0.4, 0.5) is 0 Å². The number of ether oxygens (including phenoxy) is 1. The molecule has 0 saturated carbocycles. The number of rotatable bonds is 8. The molecule has 0 saturated heterocycles. The quantitative estimate of drug-likeness (QED) is 0.566. The van der Waals surface area contributed by atoms with Crippen molar-refractivity contribution in [1.29, 1.82) is 0 Å². The van der Waals surface area contributed by atoms with Crippen LogP contribution in [0.5, 0.6) is 5.75 Å². The first-order chi connectivity index (χ1) is 13.4. The predicted molar refractivity (Wildman–Crippen MR) is 115 cm³/mol. The van der Waals surface area contributed by atoms with Crippen molar-refractivity contribution in [1.82, 2.24) is 4.98 Å². The van der Waals surface area contributed by atoms with Gasteiger partial charge in [-0.3, -0.25) is 4.79 Å². The number of aliphatic carboxylic acids is 1. The molecule has 0 spiro atoms. The molecular weight excluding hydrogens is 377 g/mol. The Morgan fingerprint density at radius 1 is 1.17 bits per heavy atom. The van der Waals surface area contributed by atoms with E-state index >= 15 is 0 Å². The molecule has 0 unspecified atom stereocenters. The zero-order valence-corrected chi connectivity index (χ0v) is 16.4. The van der Waals surface area contributed by atoms with Crippen molar-refractivity contribution in [2.75, 3.05) is 6.61 Å². The van der Waals surface area contributed by atoms with Crippen LogP contribution in [0.15, 0.2) is 52.9 Å². The van der Waals surface area contributed by atoms with Gasteiger partial charge in [-0.1, -0.05) is 50.2 Å². The number of nitrogens with zero attached hydrogens (tertiary/aromatic N) is 1. The topological polar surface area (TPSA) is 72.6 Å². The van der Waals surface area contributed by atoms with Crippen LogP contribution in [0, 0.1) is 6.92 Å². The second-order valence-corrected chi connectivity index (χ2v) is 7.06. The van der Waals surface area contributed by atoms with Crippen LogP contribution in [-0.4, -0.2) is 52.2 Å². The Morgan fingerprint density at radius 3 is 2.62 bits per heavy atom. The van der Waals surface area contributed by atoms with Gasteiger partial charge in [-0.2, -0.15) is 0 Å². The molecule has 3 rings (SSSR count). The minimum atomic E-state index is -0.844. The molecule has 1 heterocycles.